The SMILES string of the molecule is N=C(N)c1ccc(N2CCN3CCCCC3C2)cn1. The van der Waals surface area contributed by atoms with E-state index in [1.807, 2.05) is 18.3 Å². The summed E-state index contributed by atoms with van der Waals surface area (Å²) in [6.45, 7) is 4.58. The molecule has 102 valence electrons. The number of nitrogens with zero attached hydrogens (tertiary/aromatic N) is 3. The molecule has 5 nitrogen and oxygen atoms in total. The Morgan fingerprint density at radius 3 is 2.89 bits per heavy atom. The van der Waals surface area contributed by atoms with Crippen LogP contribution >= 0.6 is 0 Å². The zero-order valence-electron chi connectivity index (χ0n) is 11.2. The van der Waals surface area contributed by atoms with Crippen LogP contribution in [-0.4, -0.2) is 47.9 Å². The van der Waals surface area contributed by atoms with Gasteiger partial charge in [-0.25, -0.2) is 0 Å². The minimum absolute atomic E-state index is 0.0312. The fourth-order valence-electron chi connectivity index (χ4n) is 3.12. The van der Waals surface area contributed by atoms with Crippen molar-refractivity contribution < 1.29 is 0 Å². The smallest absolute Gasteiger partial charge is 0.141 e. The molecule has 0 spiro atoms. The van der Waals surface area contributed by atoms with E-state index in [1.165, 1.54) is 25.8 Å². The molecule has 2 aliphatic heterocycles. The molecule has 0 aliphatic carbocycles. The van der Waals surface area contributed by atoms with Gasteiger partial charge in [-0.05, 0) is 31.5 Å². The standard InChI is InChI=1S/C14H21N5/c15-14(16)13-5-4-11(9-17-13)19-8-7-18-6-2-1-3-12(18)10-19/h4-5,9,12H,1-3,6-8,10H2,(H3,15,16). The molecule has 3 heterocycles. The van der Waals surface area contributed by atoms with Gasteiger partial charge in [-0.1, -0.05) is 6.42 Å². The van der Waals surface area contributed by atoms with Crippen molar-refractivity contribution in [3.63, 3.8) is 0 Å². The molecule has 0 aromatic carbocycles. The van der Waals surface area contributed by atoms with Gasteiger partial charge in [0.05, 0.1) is 11.9 Å². The van der Waals surface area contributed by atoms with E-state index in [-0.39, 0.29) is 5.84 Å². The first-order chi connectivity index (χ1) is 9.24. The van der Waals surface area contributed by atoms with Crippen molar-refractivity contribution in [3.8, 4) is 0 Å². The Kier molecular flexibility index (Phi) is 3.38. The number of hydrogen-bond acceptors (Lipinski definition) is 4. The second-order valence-corrected chi connectivity index (χ2v) is 5.45. The molecule has 1 unspecified atom stereocenters. The van der Waals surface area contributed by atoms with Gasteiger partial charge in [-0.15, -0.1) is 0 Å². The predicted octanol–water partition coefficient (Wildman–Crippen LogP) is 1.04. The van der Waals surface area contributed by atoms with Gasteiger partial charge in [0.2, 0.25) is 0 Å². The number of amidine groups is 1. The molecule has 3 N–H and O–H groups in total. The highest BCUT2D eigenvalue weighted by molar-refractivity contribution is 5.93. The van der Waals surface area contributed by atoms with Crippen LogP contribution in [0, 0.1) is 5.41 Å². The first-order valence-electron chi connectivity index (χ1n) is 7.03. The van der Waals surface area contributed by atoms with E-state index in [0.29, 0.717) is 11.7 Å². The first-order valence-corrected chi connectivity index (χ1v) is 7.03. The lowest BCUT2D eigenvalue weighted by molar-refractivity contribution is 0.133. The predicted molar refractivity (Wildman–Crippen MR) is 76.7 cm³/mol. The summed E-state index contributed by atoms with van der Waals surface area (Å²) in [6.07, 6.45) is 5.87. The topological polar surface area (TPSA) is 69.2 Å². The Morgan fingerprint density at radius 1 is 1.26 bits per heavy atom. The number of nitrogens with one attached hydrogen (secondary N) is 1. The first kappa shape index (κ1) is 12.4. The summed E-state index contributed by atoms with van der Waals surface area (Å²) < 4.78 is 0. The molecule has 19 heavy (non-hydrogen) atoms. The minimum Gasteiger partial charge on any atom is -0.382 e. The molecular weight excluding hydrogens is 238 g/mol. The van der Waals surface area contributed by atoms with E-state index < -0.39 is 0 Å². The summed E-state index contributed by atoms with van der Waals surface area (Å²) in [5, 5.41) is 7.37. The molecular formula is C14H21N5. The fraction of sp³-hybridized carbons (Fsp3) is 0.571. The summed E-state index contributed by atoms with van der Waals surface area (Å²) >= 11 is 0. The number of piperazine rings is 1. The van der Waals surface area contributed by atoms with Crippen LogP contribution in [0.4, 0.5) is 5.69 Å². The van der Waals surface area contributed by atoms with Gasteiger partial charge in [0, 0.05) is 25.7 Å². The molecule has 2 saturated heterocycles. The van der Waals surface area contributed by atoms with Gasteiger partial charge in [0.15, 0.2) is 0 Å². The monoisotopic (exact) mass is 259 g/mol. The molecule has 0 amide bonds. The minimum atomic E-state index is 0.0312. The van der Waals surface area contributed by atoms with Crippen molar-refractivity contribution in [2.75, 3.05) is 31.1 Å². The Hall–Kier alpha value is -1.62. The van der Waals surface area contributed by atoms with E-state index in [1.54, 1.807) is 0 Å². The molecule has 2 fully saturated rings. The lowest BCUT2D eigenvalue weighted by Crippen LogP contribution is -2.54. The largest absolute Gasteiger partial charge is 0.382 e. The number of fused-ring (bicyclic) bond motifs is 1. The summed E-state index contributed by atoms with van der Waals surface area (Å²) in [4.78, 5) is 9.28. The molecule has 1 aromatic rings. The van der Waals surface area contributed by atoms with Crippen LogP contribution in [0.1, 0.15) is 25.0 Å². The van der Waals surface area contributed by atoms with Gasteiger partial charge in [-0.2, -0.15) is 0 Å². The highest BCUT2D eigenvalue weighted by Crippen LogP contribution is 2.24. The zero-order valence-corrected chi connectivity index (χ0v) is 11.2. The molecule has 1 aromatic heterocycles. The van der Waals surface area contributed by atoms with E-state index in [4.69, 9.17) is 11.1 Å². The maximum atomic E-state index is 7.37. The molecule has 0 bridgehead atoms. The second kappa shape index (κ2) is 5.17. The number of aromatic nitrogens is 1. The van der Waals surface area contributed by atoms with Crippen molar-refractivity contribution in [3.05, 3.63) is 24.0 Å². The van der Waals surface area contributed by atoms with Gasteiger partial charge < -0.3 is 10.6 Å². The number of nitrogen functional groups attached to an aromatic ring is 1. The lowest BCUT2D eigenvalue weighted by Gasteiger charge is -2.44. The number of nitrogens with two attached hydrogens (primary N) is 1. The van der Waals surface area contributed by atoms with Crippen molar-refractivity contribution in [2.45, 2.75) is 25.3 Å². The van der Waals surface area contributed by atoms with Crippen molar-refractivity contribution in [1.29, 1.82) is 5.41 Å². The van der Waals surface area contributed by atoms with Crippen LogP contribution in [0.25, 0.3) is 0 Å². The average molecular weight is 259 g/mol. The third kappa shape index (κ3) is 2.56. The summed E-state index contributed by atoms with van der Waals surface area (Å²) in [6, 6.07) is 4.57. The van der Waals surface area contributed by atoms with E-state index >= 15 is 0 Å². The Morgan fingerprint density at radius 2 is 2.16 bits per heavy atom. The highest BCUT2D eigenvalue weighted by atomic mass is 15.3. The van der Waals surface area contributed by atoms with Crippen LogP contribution < -0.4 is 10.6 Å². The Balaban J connectivity index is 1.70. The molecule has 0 saturated carbocycles. The summed E-state index contributed by atoms with van der Waals surface area (Å²) in [5.74, 6) is 0.0312. The molecule has 1 atom stereocenters. The van der Waals surface area contributed by atoms with Crippen LogP contribution in [0.5, 0.6) is 0 Å². The van der Waals surface area contributed by atoms with E-state index in [9.17, 15) is 0 Å². The van der Waals surface area contributed by atoms with Crippen LogP contribution in [0.3, 0.4) is 0 Å². The summed E-state index contributed by atoms with van der Waals surface area (Å²) in [5.41, 5.74) is 7.13. The molecule has 5 heteroatoms. The molecule has 2 aliphatic rings. The van der Waals surface area contributed by atoms with Gasteiger partial charge >= 0.3 is 0 Å². The summed E-state index contributed by atoms with van der Waals surface area (Å²) in [7, 11) is 0. The number of piperidine rings is 1. The number of pyridine rings is 1. The normalized spacial score (nSPS) is 24.0. The van der Waals surface area contributed by atoms with Crippen molar-refractivity contribution in [2.24, 2.45) is 5.73 Å². The number of rotatable bonds is 2. The highest BCUT2D eigenvalue weighted by Gasteiger charge is 2.28. The third-order valence-electron chi connectivity index (χ3n) is 4.23. The number of hydrogen-bond donors (Lipinski definition) is 2. The molecule has 3 rings (SSSR count). The van der Waals surface area contributed by atoms with Crippen LogP contribution in [0.15, 0.2) is 18.3 Å². The van der Waals surface area contributed by atoms with Gasteiger partial charge in [0.25, 0.3) is 0 Å². The number of anilines is 1. The molecule has 0 radical (unpaired) electrons. The van der Waals surface area contributed by atoms with Gasteiger partial charge in [0.1, 0.15) is 11.5 Å². The Labute approximate surface area is 113 Å². The zero-order chi connectivity index (χ0) is 13.2. The van der Waals surface area contributed by atoms with Crippen LogP contribution in [0.2, 0.25) is 0 Å². The van der Waals surface area contributed by atoms with Crippen molar-refractivity contribution in [1.82, 2.24) is 9.88 Å². The lowest BCUT2D eigenvalue weighted by atomic mass is 9.99. The van der Waals surface area contributed by atoms with Crippen LogP contribution in [-0.2, 0) is 0 Å². The van der Waals surface area contributed by atoms with E-state index in [0.717, 1.165) is 25.3 Å². The van der Waals surface area contributed by atoms with E-state index in [2.05, 4.69) is 14.8 Å². The quantitative estimate of drug-likeness (QED) is 0.615. The third-order valence-corrected chi connectivity index (χ3v) is 4.23. The van der Waals surface area contributed by atoms with Crippen molar-refractivity contribution >= 4 is 11.5 Å². The fourth-order valence-corrected chi connectivity index (χ4v) is 3.12. The maximum absolute atomic E-state index is 7.37. The second-order valence-electron chi connectivity index (χ2n) is 5.45. The Bertz CT molecular complexity index is 455. The average Bonchev–Trinajstić information content (AvgIpc) is 2.47. The maximum Gasteiger partial charge on any atom is 0.141 e. The van der Waals surface area contributed by atoms with Gasteiger partial charge in [-0.3, -0.25) is 15.3 Å².